The highest BCUT2D eigenvalue weighted by atomic mass is 32.2. The molecule has 0 spiro atoms. The second-order valence-corrected chi connectivity index (χ2v) is 6.77. The van der Waals surface area contributed by atoms with Crippen LogP contribution >= 0.6 is 0 Å². The molecule has 1 N–H and O–H groups in total. The van der Waals surface area contributed by atoms with Gasteiger partial charge >= 0.3 is 16.1 Å². The van der Waals surface area contributed by atoms with E-state index in [4.69, 9.17) is 4.18 Å². The topological polar surface area (TPSA) is 75.7 Å². The second-order valence-electron chi connectivity index (χ2n) is 5.23. The highest BCUT2D eigenvalue weighted by molar-refractivity contribution is 7.87. The van der Waals surface area contributed by atoms with Crippen molar-refractivity contribution in [3.63, 3.8) is 0 Å². The number of benzene rings is 2. The smallest absolute Gasteiger partial charge is 0.339 e. The van der Waals surface area contributed by atoms with Crippen LogP contribution in [0.4, 0.5) is 14.9 Å². The molecule has 1 fully saturated rings. The summed E-state index contributed by atoms with van der Waals surface area (Å²) in [5.74, 6) is -0.691. The number of urea groups is 1. The molecule has 0 aliphatic carbocycles. The van der Waals surface area contributed by atoms with Crippen molar-refractivity contribution >= 4 is 21.8 Å². The summed E-state index contributed by atoms with van der Waals surface area (Å²) >= 11 is 0. The lowest BCUT2D eigenvalue weighted by Crippen LogP contribution is -2.46. The molecule has 126 valence electrons. The van der Waals surface area contributed by atoms with Gasteiger partial charge in [0.25, 0.3) is 0 Å². The fourth-order valence-corrected chi connectivity index (χ4v) is 3.28. The van der Waals surface area contributed by atoms with Gasteiger partial charge in [0, 0.05) is 24.8 Å². The lowest BCUT2D eigenvalue weighted by molar-refractivity contribution is 0.243. The Hall–Kier alpha value is -2.61. The predicted octanol–water partition coefficient (Wildman–Crippen LogP) is 2.51. The number of carbonyl (C=O) groups is 1. The van der Waals surface area contributed by atoms with Crippen molar-refractivity contribution in [1.82, 2.24) is 5.32 Å². The lowest BCUT2D eigenvalue weighted by Gasteiger charge is -2.27. The van der Waals surface area contributed by atoms with E-state index in [9.17, 15) is 17.6 Å². The summed E-state index contributed by atoms with van der Waals surface area (Å²) in [5.41, 5.74) is 0.594. The number of anilines is 1. The normalized spacial score (nSPS) is 15.0. The van der Waals surface area contributed by atoms with Gasteiger partial charge in [-0.25, -0.2) is 9.18 Å². The fourth-order valence-electron chi connectivity index (χ4n) is 2.36. The summed E-state index contributed by atoms with van der Waals surface area (Å²) < 4.78 is 42.5. The Morgan fingerprint density at radius 1 is 1.12 bits per heavy atom. The van der Waals surface area contributed by atoms with E-state index in [0.29, 0.717) is 18.8 Å². The molecule has 0 bridgehead atoms. The molecule has 6 nitrogen and oxygen atoms in total. The molecule has 3 rings (SSSR count). The zero-order valence-corrected chi connectivity index (χ0v) is 13.4. The van der Waals surface area contributed by atoms with Gasteiger partial charge in [-0.05, 0) is 42.8 Å². The van der Waals surface area contributed by atoms with Crippen LogP contribution in [0.15, 0.2) is 53.4 Å². The molecule has 1 aliphatic rings. The summed E-state index contributed by atoms with van der Waals surface area (Å²) in [7, 11) is -4.08. The molecule has 2 aromatic carbocycles. The third-order valence-electron chi connectivity index (χ3n) is 3.52. The SMILES string of the molecule is O=C1NCCCN1c1ccc(S(=O)(=O)Oc2cccc(F)c2)cc1. The molecule has 2 amide bonds. The first-order valence-corrected chi connectivity index (χ1v) is 8.72. The van der Waals surface area contributed by atoms with Crippen molar-refractivity contribution in [2.75, 3.05) is 18.0 Å². The molecular formula is C16H15FN2O4S. The van der Waals surface area contributed by atoms with Gasteiger partial charge in [-0.15, -0.1) is 0 Å². The predicted molar refractivity (Wildman–Crippen MR) is 86.0 cm³/mol. The number of hydrogen-bond acceptors (Lipinski definition) is 4. The molecule has 8 heteroatoms. The lowest BCUT2D eigenvalue weighted by atomic mass is 10.2. The fraction of sp³-hybridized carbons (Fsp3) is 0.188. The second kappa shape index (κ2) is 6.48. The Balaban J connectivity index is 1.80. The van der Waals surface area contributed by atoms with E-state index in [-0.39, 0.29) is 16.7 Å². The van der Waals surface area contributed by atoms with E-state index in [1.54, 1.807) is 0 Å². The first kappa shape index (κ1) is 16.3. The first-order chi connectivity index (χ1) is 11.5. The molecule has 1 heterocycles. The van der Waals surface area contributed by atoms with Crippen molar-refractivity contribution in [1.29, 1.82) is 0 Å². The number of rotatable bonds is 4. The molecule has 0 aromatic heterocycles. The molecule has 1 saturated heterocycles. The number of nitrogens with one attached hydrogen (secondary N) is 1. The minimum atomic E-state index is -4.08. The summed E-state index contributed by atoms with van der Waals surface area (Å²) in [6.45, 7) is 1.20. The van der Waals surface area contributed by atoms with Crippen LogP contribution in [0.25, 0.3) is 0 Å². The first-order valence-electron chi connectivity index (χ1n) is 7.31. The van der Waals surface area contributed by atoms with Crippen LogP contribution in [-0.2, 0) is 10.1 Å². The average molecular weight is 350 g/mol. The molecule has 0 atom stereocenters. The molecule has 0 radical (unpaired) electrons. The Labute approximate surface area is 139 Å². The van der Waals surface area contributed by atoms with Gasteiger partial charge in [-0.3, -0.25) is 4.90 Å². The van der Waals surface area contributed by atoms with E-state index in [1.165, 1.54) is 47.4 Å². The minimum Gasteiger partial charge on any atom is -0.379 e. The van der Waals surface area contributed by atoms with Crippen molar-refractivity contribution < 1.29 is 21.8 Å². The van der Waals surface area contributed by atoms with Gasteiger partial charge < -0.3 is 9.50 Å². The molecular weight excluding hydrogens is 335 g/mol. The van der Waals surface area contributed by atoms with Crippen LogP contribution in [-0.4, -0.2) is 27.5 Å². The van der Waals surface area contributed by atoms with E-state index < -0.39 is 15.9 Å². The molecule has 0 unspecified atom stereocenters. The van der Waals surface area contributed by atoms with E-state index in [1.807, 2.05) is 0 Å². The van der Waals surface area contributed by atoms with Gasteiger partial charge in [0.15, 0.2) is 0 Å². The monoisotopic (exact) mass is 350 g/mol. The number of hydrogen-bond donors (Lipinski definition) is 1. The Bertz CT molecular complexity index is 853. The van der Waals surface area contributed by atoms with Crippen molar-refractivity contribution in [3.05, 3.63) is 54.3 Å². The number of halogens is 1. The van der Waals surface area contributed by atoms with Crippen molar-refractivity contribution in [3.8, 4) is 5.75 Å². The molecule has 2 aromatic rings. The average Bonchev–Trinajstić information content (AvgIpc) is 2.55. The Morgan fingerprint density at radius 3 is 2.54 bits per heavy atom. The third kappa shape index (κ3) is 3.48. The zero-order valence-electron chi connectivity index (χ0n) is 12.6. The Morgan fingerprint density at radius 2 is 1.88 bits per heavy atom. The van der Waals surface area contributed by atoms with E-state index >= 15 is 0 Å². The van der Waals surface area contributed by atoms with Crippen LogP contribution in [0.1, 0.15) is 6.42 Å². The summed E-state index contributed by atoms with van der Waals surface area (Å²) in [5, 5.41) is 2.72. The van der Waals surface area contributed by atoms with Crippen LogP contribution in [0.5, 0.6) is 5.75 Å². The minimum absolute atomic E-state index is 0.0760. The Kier molecular flexibility index (Phi) is 4.39. The highest BCUT2D eigenvalue weighted by Crippen LogP contribution is 2.23. The van der Waals surface area contributed by atoms with Crippen LogP contribution in [0, 0.1) is 5.82 Å². The molecule has 0 saturated carbocycles. The van der Waals surface area contributed by atoms with Gasteiger partial charge in [-0.1, -0.05) is 6.07 Å². The van der Waals surface area contributed by atoms with Crippen LogP contribution < -0.4 is 14.4 Å². The number of amides is 2. The van der Waals surface area contributed by atoms with Crippen molar-refractivity contribution in [2.45, 2.75) is 11.3 Å². The van der Waals surface area contributed by atoms with Crippen LogP contribution in [0.3, 0.4) is 0 Å². The maximum atomic E-state index is 13.1. The summed E-state index contributed by atoms with van der Waals surface area (Å²) in [6, 6.07) is 10.5. The number of carbonyl (C=O) groups excluding carboxylic acids is 1. The van der Waals surface area contributed by atoms with Gasteiger partial charge in [0.2, 0.25) is 0 Å². The van der Waals surface area contributed by atoms with Gasteiger partial charge in [0.05, 0.1) is 0 Å². The molecule has 1 aliphatic heterocycles. The van der Waals surface area contributed by atoms with Crippen molar-refractivity contribution in [2.24, 2.45) is 0 Å². The maximum absolute atomic E-state index is 13.1. The van der Waals surface area contributed by atoms with Gasteiger partial charge in [0.1, 0.15) is 16.5 Å². The molecule has 24 heavy (non-hydrogen) atoms. The van der Waals surface area contributed by atoms with E-state index in [2.05, 4.69) is 5.32 Å². The number of nitrogens with zero attached hydrogens (tertiary/aromatic N) is 1. The highest BCUT2D eigenvalue weighted by Gasteiger charge is 2.21. The summed E-state index contributed by atoms with van der Waals surface area (Å²) in [4.78, 5) is 13.2. The zero-order chi connectivity index (χ0) is 17.2. The largest absolute Gasteiger partial charge is 0.379 e. The van der Waals surface area contributed by atoms with Gasteiger partial charge in [-0.2, -0.15) is 8.42 Å². The van der Waals surface area contributed by atoms with E-state index in [0.717, 1.165) is 12.5 Å². The third-order valence-corrected chi connectivity index (χ3v) is 4.78. The standard InChI is InChI=1S/C16H15FN2O4S/c17-12-3-1-4-14(11-12)23-24(21,22)15-7-5-13(6-8-15)19-10-2-9-18-16(19)20/h1,3-8,11H,2,9-10H2,(H,18,20). The quantitative estimate of drug-likeness (QED) is 0.860. The van der Waals surface area contributed by atoms with Crippen LogP contribution in [0.2, 0.25) is 0 Å². The maximum Gasteiger partial charge on any atom is 0.339 e. The summed E-state index contributed by atoms with van der Waals surface area (Å²) in [6.07, 6.45) is 0.814.